The summed E-state index contributed by atoms with van der Waals surface area (Å²) in [6.07, 6.45) is 0. The Morgan fingerprint density at radius 3 is 3.04 bits per heavy atom. The number of aromatic nitrogens is 3. The van der Waals surface area contributed by atoms with Crippen LogP contribution in [0, 0.1) is 5.82 Å². The Bertz CT molecular complexity index is 1070. The number of anilines is 1. The number of hydrogen-bond acceptors (Lipinski definition) is 6. The Labute approximate surface area is 133 Å². The summed E-state index contributed by atoms with van der Waals surface area (Å²) in [5.74, 6) is 0.144. The fourth-order valence-electron chi connectivity index (χ4n) is 2.34. The Morgan fingerprint density at radius 2 is 2.17 bits per heavy atom. The van der Waals surface area contributed by atoms with Gasteiger partial charge in [-0.3, -0.25) is 4.79 Å². The van der Waals surface area contributed by atoms with E-state index in [0.29, 0.717) is 39.7 Å². The van der Waals surface area contributed by atoms with E-state index in [4.69, 9.17) is 4.42 Å². The van der Waals surface area contributed by atoms with E-state index in [0.717, 1.165) is 0 Å². The second kappa shape index (κ2) is 5.17. The van der Waals surface area contributed by atoms with Crippen LogP contribution in [0.1, 0.15) is 5.82 Å². The van der Waals surface area contributed by atoms with Crippen molar-refractivity contribution < 1.29 is 8.81 Å². The predicted octanol–water partition coefficient (Wildman–Crippen LogP) is 2.90. The molecule has 0 aliphatic heterocycles. The summed E-state index contributed by atoms with van der Waals surface area (Å²) in [5, 5.41) is 1.83. The predicted molar refractivity (Wildman–Crippen MR) is 86.3 cm³/mol. The molecule has 0 amide bonds. The van der Waals surface area contributed by atoms with E-state index in [2.05, 4.69) is 15.0 Å². The molecule has 0 aliphatic carbocycles. The molecule has 1 aromatic carbocycles. The van der Waals surface area contributed by atoms with E-state index in [9.17, 15) is 9.18 Å². The first-order valence-corrected chi connectivity index (χ1v) is 7.72. The summed E-state index contributed by atoms with van der Waals surface area (Å²) in [4.78, 5) is 25.1. The van der Waals surface area contributed by atoms with E-state index in [1.807, 2.05) is 5.38 Å². The molecule has 116 valence electrons. The lowest BCUT2D eigenvalue weighted by Crippen LogP contribution is -2.21. The lowest BCUT2D eigenvalue weighted by Gasteiger charge is -2.13. The normalized spacial score (nSPS) is 11.4. The van der Waals surface area contributed by atoms with Gasteiger partial charge in [0.05, 0.1) is 12.1 Å². The molecular weight excluding hydrogens is 319 g/mol. The van der Waals surface area contributed by atoms with Crippen molar-refractivity contribution in [2.75, 3.05) is 11.9 Å². The molecule has 0 fully saturated rings. The van der Waals surface area contributed by atoms with Crippen molar-refractivity contribution in [2.24, 2.45) is 0 Å². The van der Waals surface area contributed by atoms with E-state index in [-0.39, 0.29) is 11.4 Å². The second-order valence-corrected chi connectivity index (χ2v) is 6.03. The van der Waals surface area contributed by atoms with Crippen molar-refractivity contribution in [1.82, 2.24) is 15.0 Å². The minimum absolute atomic E-state index is 0.159. The number of hydrogen-bond donors (Lipinski definition) is 1. The van der Waals surface area contributed by atoms with Gasteiger partial charge in [-0.05, 0) is 23.6 Å². The van der Waals surface area contributed by atoms with Crippen LogP contribution < -0.4 is 10.5 Å². The van der Waals surface area contributed by atoms with Gasteiger partial charge in [-0.25, -0.2) is 9.37 Å². The zero-order valence-electron chi connectivity index (χ0n) is 12.0. The molecule has 0 atom stereocenters. The summed E-state index contributed by atoms with van der Waals surface area (Å²) in [5.41, 5.74) is 1.46. The van der Waals surface area contributed by atoms with Gasteiger partial charge < -0.3 is 14.3 Å². The maximum atomic E-state index is 13.2. The number of benzene rings is 1. The number of halogens is 1. The number of oxazole rings is 1. The van der Waals surface area contributed by atoms with Crippen LogP contribution >= 0.6 is 11.3 Å². The molecule has 3 aromatic heterocycles. The standard InChI is InChI=1S/C15H11FN4O2S/c1-20(15-18-10-6-8(16)2-3-11(10)22-15)7-12-17-9-4-5-23-13(9)14(21)19-12/h2-6H,7H2,1H3,(H,17,19,21). The molecule has 0 bridgehead atoms. The number of H-pyrrole nitrogens is 1. The quantitative estimate of drug-likeness (QED) is 0.625. The maximum absolute atomic E-state index is 13.2. The number of rotatable bonds is 3. The molecule has 0 spiro atoms. The number of aromatic amines is 1. The van der Waals surface area contributed by atoms with Crippen molar-refractivity contribution in [3.63, 3.8) is 0 Å². The average molecular weight is 330 g/mol. The van der Waals surface area contributed by atoms with Gasteiger partial charge in [0.1, 0.15) is 21.9 Å². The Morgan fingerprint density at radius 1 is 1.30 bits per heavy atom. The molecule has 0 unspecified atom stereocenters. The molecule has 8 heteroatoms. The van der Waals surface area contributed by atoms with Gasteiger partial charge in [0.15, 0.2) is 5.58 Å². The lowest BCUT2D eigenvalue weighted by atomic mass is 10.3. The molecule has 4 rings (SSSR count). The van der Waals surface area contributed by atoms with E-state index >= 15 is 0 Å². The minimum Gasteiger partial charge on any atom is -0.423 e. The van der Waals surface area contributed by atoms with Crippen LogP contribution in [0.2, 0.25) is 0 Å². The second-order valence-electron chi connectivity index (χ2n) is 5.11. The van der Waals surface area contributed by atoms with Gasteiger partial charge in [0, 0.05) is 13.1 Å². The molecule has 6 nitrogen and oxygen atoms in total. The molecule has 0 saturated heterocycles. The molecule has 1 N–H and O–H groups in total. The fraction of sp³-hybridized carbons (Fsp3) is 0.133. The molecular formula is C15H11FN4O2S. The summed E-state index contributed by atoms with van der Waals surface area (Å²) >= 11 is 1.36. The monoisotopic (exact) mass is 330 g/mol. The molecule has 3 heterocycles. The van der Waals surface area contributed by atoms with Crippen molar-refractivity contribution in [3.8, 4) is 0 Å². The zero-order valence-corrected chi connectivity index (χ0v) is 12.9. The molecule has 0 saturated carbocycles. The highest BCUT2D eigenvalue weighted by molar-refractivity contribution is 7.17. The number of thiophene rings is 1. The third kappa shape index (κ3) is 2.46. The average Bonchev–Trinajstić information content (AvgIpc) is 3.13. The summed E-state index contributed by atoms with van der Waals surface area (Å²) < 4.78 is 19.4. The van der Waals surface area contributed by atoms with E-state index in [1.54, 1.807) is 18.0 Å². The van der Waals surface area contributed by atoms with Gasteiger partial charge in [-0.15, -0.1) is 11.3 Å². The summed E-state index contributed by atoms with van der Waals surface area (Å²) in [6, 6.07) is 6.31. The molecule has 0 radical (unpaired) electrons. The highest BCUT2D eigenvalue weighted by Crippen LogP contribution is 2.22. The van der Waals surface area contributed by atoms with Crippen LogP contribution in [0.25, 0.3) is 21.3 Å². The minimum atomic E-state index is -0.367. The highest BCUT2D eigenvalue weighted by atomic mass is 32.1. The number of nitrogens with zero attached hydrogens (tertiary/aromatic N) is 3. The topological polar surface area (TPSA) is 75.0 Å². The summed E-state index contributed by atoms with van der Waals surface area (Å²) in [6.45, 7) is 0.316. The Hall–Kier alpha value is -2.74. The van der Waals surface area contributed by atoms with Crippen molar-refractivity contribution in [3.05, 3.63) is 51.6 Å². The lowest BCUT2D eigenvalue weighted by molar-refractivity contribution is 0.577. The van der Waals surface area contributed by atoms with Crippen molar-refractivity contribution >= 4 is 38.7 Å². The first kappa shape index (κ1) is 13.9. The SMILES string of the molecule is CN(Cc1nc2ccsc2c(=O)[nH]1)c1nc2cc(F)ccc2o1. The number of fused-ring (bicyclic) bond motifs is 2. The summed E-state index contributed by atoms with van der Waals surface area (Å²) in [7, 11) is 1.76. The van der Waals surface area contributed by atoms with E-state index < -0.39 is 0 Å². The van der Waals surface area contributed by atoms with Crippen LogP contribution in [-0.2, 0) is 6.54 Å². The van der Waals surface area contributed by atoms with Gasteiger partial charge in [0.25, 0.3) is 11.6 Å². The molecule has 4 aromatic rings. The largest absolute Gasteiger partial charge is 0.423 e. The Kier molecular flexibility index (Phi) is 3.12. The van der Waals surface area contributed by atoms with Crippen molar-refractivity contribution in [2.45, 2.75) is 6.54 Å². The van der Waals surface area contributed by atoms with Crippen LogP contribution in [0.15, 0.2) is 38.9 Å². The fourth-order valence-corrected chi connectivity index (χ4v) is 3.07. The van der Waals surface area contributed by atoms with Gasteiger partial charge in [-0.1, -0.05) is 0 Å². The van der Waals surface area contributed by atoms with Crippen LogP contribution in [0.3, 0.4) is 0 Å². The maximum Gasteiger partial charge on any atom is 0.298 e. The van der Waals surface area contributed by atoms with Crippen LogP contribution in [0.5, 0.6) is 0 Å². The van der Waals surface area contributed by atoms with Crippen molar-refractivity contribution in [1.29, 1.82) is 0 Å². The number of nitrogens with one attached hydrogen (secondary N) is 1. The van der Waals surface area contributed by atoms with Gasteiger partial charge >= 0.3 is 0 Å². The Balaban J connectivity index is 1.67. The zero-order chi connectivity index (χ0) is 16.0. The molecule has 0 aliphatic rings. The van der Waals surface area contributed by atoms with Gasteiger partial charge in [-0.2, -0.15) is 4.98 Å². The van der Waals surface area contributed by atoms with Gasteiger partial charge in [0.2, 0.25) is 0 Å². The smallest absolute Gasteiger partial charge is 0.298 e. The first-order chi connectivity index (χ1) is 11.1. The van der Waals surface area contributed by atoms with Crippen LogP contribution in [-0.4, -0.2) is 22.0 Å². The first-order valence-electron chi connectivity index (χ1n) is 6.84. The van der Waals surface area contributed by atoms with E-state index in [1.165, 1.54) is 29.5 Å². The third-order valence-corrected chi connectivity index (χ3v) is 4.32. The third-order valence-electron chi connectivity index (χ3n) is 3.42. The molecule has 23 heavy (non-hydrogen) atoms. The highest BCUT2D eigenvalue weighted by Gasteiger charge is 2.13. The van der Waals surface area contributed by atoms with Crippen LogP contribution in [0.4, 0.5) is 10.4 Å².